The smallest absolute Gasteiger partial charge is 0.125 e. The largest absolute Gasteiger partial charge is 0.490 e. The number of hydrogen-bond donors (Lipinski definition) is 1. The molecule has 1 heterocycles. The Bertz CT molecular complexity index is 498. The molecule has 116 valence electrons. The predicted octanol–water partition coefficient (Wildman–Crippen LogP) is 4.34. The lowest BCUT2D eigenvalue weighted by Crippen LogP contribution is -2.41. The van der Waals surface area contributed by atoms with E-state index in [1.54, 1.807) is 0 Å². The molecule has 3 rings (SSSR count). The fourth-order valence-corrected chi connectivity index (χ4v) is 3.96. The topological polar surface area (TPSA) is 44.5 Å². The van der Waals surface area contributed by atoms with Crippen molar-refractivity contribution in [3.63, 3.8) is 0 Å². The van der Waals surface area contributed by atoms with Crippen molar-refractivity contribution in [2.24, 2.45) is 5.73 Å². The number of nitrogens with two attached hydrogens (primary N) is 1. The van der Waals surface area contributed by atoms with E-state index in [2.05, 4.69) is 22.0 Å². The summed E-state index contributed by atoms with van der Waals surface area (Å²) < 4.78 is 13.4. The molecule has 2 aliphatic rings. The third kappa shape index (κ3) is 3.43. The van der Waals surface area contributed by atoms with Crippen LogP contribution in [0.3, 0.4) is 0 Å². The molecular formula is C17H24BrNO2. The van der Waals surface area contributed by atoms with E-state index in [1.165, 1.54) is 25.7 Å². The quantitative estimate of drug-likeness (QED) is 0.878. The average Bonchev–Trinajstić information content (AvgIpc) is 2.86. The highest BCUT2D eigenvalue weighted by Crippen LogP contribution is 2.41. The van der Waals surface area contributed by atoms with Gasteiger partial charge in [0.1, 0.15) is 11.9 Å². The van der Waals surface area contributed by atoms with Crippen LogP contribution in [0.25, 0.3) is 0 Å². The molecule has 2 N–H and O–H groups in total. The Balaban J connectivity index is 1.75. The summed E-state index contributed by atoms with van der Waals surface area (Å²) in [6.07, 6.45) is 7.16. The summed E-state index contributed by atoms with van der Waals surface area (Å²) in [7, 11) is 0. The Hall–Kier alpha value is -0.580. The molecule has 3 nitrogen and oxygen atoms in total. The van der Waals surface area contributed by atoms with Crippen LogP contribution in [0.15, 0.2) is 22.7 Å². The molecule has 1 saturated carbocycles. The molecule has 2 unspecified atom stereocenters. The Labute approximate surface area is 135 Å². The maximum atomic E-state index is 6.33. The number of halogens is 1. The zero-order chi connectivity index (χ0) is 14.9. The van der Waals surface area contributed by atoms with Gasteiger partial charge in [0.05, 0.1) is 12.2 Å². The summed E-state index contributed by atoms with van der Waals surface area (Å²) in [6, 6.07) is 6.09. The first-order valence-corrected chi connectivity index (χ1v) is 8.73. The van der Waals surface area contributed by atoms with E-state index in [0.29, 0.717) is 0 Å². The van der Waals surface area contributed by atoms with Gasteiger partial charge in [0.25, 0.3) is 0 Å². The van der Waals surface area contributed by atoms with Crippen molar-refractivity contribution in [1.82, 2.24) is 0 Å². The molecule has 0 bridgehead atoms. The number of hydrogen-bond acceptors (Lipinski definition) is 3. The van der Waals surface area contributed by atoms with Crippen molar-refractivity contribution in [3.8, 4) is 5.75 Å². The minimum atomic E-state index is -0.0200. The van der Waals surface area contributed by atoms with E-state index in [4.69, 9.17) is 15.2 Å². The second-order valence-electron chi connectivity index (χ2n) is 6.44. The maximum Gasteiger partial charge on any atom is 0.125 e. The number of benzene rings is 1. The lowest BCUT2D eigenvalue weighted by Gasteiger charge is -2.38. The molecule has 0 amide bonds. The van der Waals surface area contributed by atoms with E-state index >= 15 is 0 Å². The Morgan fingerprint density at radius 2 is 2.14 bits per heavy atom. The SMILES string of the molecule is CC(N)c1ccc(Br)cc1OC1CCOC2(CCCC2)C1. The van der Waals surface area contributed by atoms with Crippen LogP contribution in [0.5, 0.6) is 5.75 Å². The van der Waals surface area contributed by atoms with Gasteiger partial charge in [-0.1, -0.05) is 34.8 Å². The Kier molecular flexibility index (Phi) is 4.57. The Morgan fingerprint density at radius 1 is 1.38 bits per heavy atom. The zero-order valence-corrected chi connectivity index (χ0v) is 14.2. The van der Waals surface area contributed by atoms with Gasteiger partial charge < -0.3 is 15.2 Å². The fourth-order valence-electron chi connectivity index (χ4n) is 3.62. The molecule has 1 aromatic rings. The molecule has 21 heavy (non-hydrogen) atoms. The molecule has 0 radical (unpaired) electrons. The van der Waals surface area contributed by atoms with Crippen LogP contribution >= 0.6 is 15.9 Å². The van der Waals surface area contributed by atoms with Gasteiger partial charge in [0.2, 0.25) is 0 Å². The van der Waals surface area contributed by atoms with E-state index < -0.39 is 0 Å². The van der Waals surface area contributed by atoms with Gasteiger partial charge in [-0.25, -0.2) is 0 Å². The van der Waals surface area contributed by atoms with E-state index in [9.17, 15) is 0 Å². The van der Waals surface area contributed by atoms with Crippen LogP contribution in [0, 0.1) is 0 Å². The minimum Gasteiger partial charge on any atom is -0.490 e. The van der Waals surface area contributed by atoms with Gasteiger partial charge in [-0.15, -0.1) is 0 Å². The van der Waals surface area contributed by atoms with Gasteiger partial charge in [-0.3, -0.25) is 0 Å². The summed E-state index contributed by atoms with van der Waals surface area (Å²) >= 11 is 3.52. The third-order valence-corrected chi connectivity index (χ3v) is 5.22. The number of ether oxygens (including phenoxy) is 2. The van der Waals surface area contributed by atoms with Crippen molar-refractivity contribution in [1.29, 1.82) is 0 Å². The highest BCUT2D eigenvalue weighted by atomic mass is 79.9. The van der Waals surface area contributed by atoms with Crippen LogP contribution < -0.4 is 10.5 Å². The van der Waals surface area contributed by atoms with Crippen molar-refractivity contribution < 1.29 is 9.47 Å². The number of rotatable bonds is 3. The van der Waals surface area contributed by atoms with Gasteiger partial charge >= 0.3 is 0 Å². The summed E-state index contributed by atoms with van der Waals surface area (Å²) in [6.45, 7) is 2.81. The van der Waals surface area contributed by atoms with Gasteiger partial charge in [0.15, 0.2) is 0 Å². The summed E-state index contributed by atoms with van der Waals surface area (Å²) in [4.78, 5) is 0. The van der Waals surface area contributed by atoms with E-state index in [1.807, 2.05) is 19.1 Å². The molecule has 2 fully saturated rings. The van der Waals surface area contributed by atoms with Crippen LogP contribution in [0.4, 0.5) is 0 Å². The average molecular weight is 354 g/mol. The highest BCUT2D eigenvalue weighted by Gasteiger charge is 2.40. The molecule has 4 heteroatoms. The van der Waals surface area contributed by atoms with E-state index in [-0.39, 0.29) is 17.7 Å². The van der Waals surface area contributed by atoms with Crippen LogP contribution in [0.1, 0.15) is 57.1 Å². The molecule has 1 spiro atoms. The molecule has 1 aliphatic carbocycles. The first-order chi connectivity index (χ1) is 10.1. The van der Waals surface area contributed by atoms with Crippen molar-refractivity contribution in [2.45, 2.75) is 63.2 Å². The van der Waals surface area contributed by atoms with Crippen LogP contribution in [0.2, 0.25) is 0 Å². The van der Waals surface area contributed by atoms with Crippen molar-refractivity contribution in [2.75, 3.05) is 6.61 Å². The Morgan fingerprint density at radius 3 is 2.86 bits per heavy atom. The lowest BCUT2D eigenvalue weighted by molar-refractivity contribution is -0.108. The zero-order valence-electron chi connectivity index (χ0n) is 12.6. The predicted molar refractivity (Wildman–Crippen MR) is 87.5 cm³/mol. The standard InChI is InChI=1S/C17H24BrNO2/c1-12(19)15-5-4-13(18)10-16(15)21-14-6-9-20-17(11-14)7-2-3-8-17/h4-5,10,12,14H,2-3,6-9,11,19H2,1H3. The van der Waals surface area contributed by atoms with Crippen molar-refractivity contribution >= 4 is 15.9 Å². The summed E-state index contributed by atoms with van der Waals surface area (Å²) in [5, 5.41) is 0. The first kappa shape index (κ1) is 15.3. The van der Waals surface area contributed by atoms with Gasteiger partial charge in [0, 0.05) is 28.9 Å². The first-order valence-electron chi connectivity index (χ1n) is 7.94. The van der Waals surface area contributed by atoms with Crippen LogP contribution in [-0.2, 0) is 4.74 Å². The normalized spacial score (nSPS) is 26.0. The second kappa shape index (κ2) is 6.27. The lowest BCUT2D eigenvalue weighted by atomic mass is 9.90. The second-order valence-corrected chi connectivity index (χ2v) is 7.36. The molecule has 0 aromatic heterocycles. The third-order valence-electron chi connectivity index (χ3n) is 4.72. The molecular weight excluding hydrogens is 330 g/mol. The van der Waals surface area contributed by atoms with E-state index in [0.717, 1.165) is 35.2 Å². The van der Waals surface area contributed by atoms with Gasteiger partial charge in [-0.2, -0.15) is 0 Å². The maximum absolute atomic E-state index is 6.33. The minimum absolute atomic E-state index is 0.0200. The fraction of sp³-hybridized carbons (Fsp3) is 0.647. The molecule has 1 saturated heterocycles. The van der Waals surface area contributed by atoms with Gasteiger partial charge in [-0.05, 0) is 31.9 Å². The monoisotopic (exact) mass is 353 g/mol. The molecule has 1 aromatic carbocycles. The molecule has 1 aliphatic heterocycles. The molecule has 2 atom stereocenters. The highest BCUT2D eigenvalue weighted by molar-refractivity contribution is 9.10. The summed E-state index contributed by atoms with van der Waals surface area (Å²) in [5.74, 6) is 0.916. The van der Waals surface area contributed by atoms with Crippen molar-refractivity contribution in [3.05, 3.63) is 28.2 Å². The van der Waals surface area contributed by atoms with Crippen LogP contribution in [-0.4, -0.2) is 18.3 Å². The summed E-state index contributed by atoms with van der Waals surface area (Å²) in [5.41, 5.74) is 7.23.